The van der Waals surface area contributed by atoms with Gasteiger partial charge < -0.3 is 26.4 Å². The molecule has 1 aliphatic rings. The van der Waals surface area contributed by atoms with Gasteiger partial charge in [-0.05, 0) is 24.3 Å². The number of thioether (sulfide) groups is 1. The van der Waals surface area contributed by atoms with E-state index in [1.54, 1.807) is 0 Å². The molecule has 8 nitrogen and oxygen atoms in total. The first-order valence-corrected chi connectivity index (χ1v) is 10.8. The first-order valence-electron chi connectivity index (χ1n) is 9.59. The highest BCUT2D eigenvalue weighted by Crippen LogP contribution is 2.33. The Balaban J connectivity index is 2.10. The fourth-order valence-corrected chi connectivity index (χ4v) is 4.21. The number of nitrogens with two attached hydrogens (primary N) is 2. The van der Waals surface area contributed by atoms with Crippen LogP contribution in [0.5, 0.6) is 0 Å². The zero-order valence-electron chi connectivity index (χ0n) is 17.3. The average molecular weight is 416 g/mol. The molecule has 0 radical (unpaired) electrons. The van der Waals surface area contributed by atoms with Crippen LogP contribution in [0.4, 0.5) is 17.5 Å². The number of morpholine rings is 1. The summed E-state index contributed by atoms with van der Waals surface area (Å²) in [6.45, 7) is 6.53. The molecule has 0 saturated carbocycles. The fourth-order valence-electron chi connectivity index (χ4n) is 3.53. The molecule has 2 heterocycles. The predicted octanol–water partition coefficient (Wildman–Crippen LogP) is 2.63. The largest absolute Gasteiger partial charge is 0.398 e. The monoisotopic (exact) mass is 415 g/mol. The van der Waals surface area contributed by atoms with Crippen LogP contribution in [-0.2, 0) is 4.74 Å². The van der Waals surface area contributed by atoms with Gasteiger partial charge in [0.1, 0.15) is 11.7 Å². The SMILES string of the molecule is CNc1nc(-c2cc(N)c(C(=N)N)c(SC)c2)cc(N2CCOCC2C(C)C)n1. The Morgan fingerprint density at radius 2 is 2.10 bits per heavy atom. The van der Waals surface area contributed by atoms with Gasteiger partial charge >= 0.3 is 0 Å². The Labute approximate surface area is 175 Å². The first-order chi connectivity index (χ1) is 13.8. The number of hydrogen-bond donors (Lipinski definition) is 4. The number of anilines is 3. The number of ether oxygens (including phenoxy) is 1. The number of rotatable bonds is 6. The highest BCUT2D eigenvalue weighted by Gasteiger charge is 2.28. The normalized spacial score (nSPS) is 16.9. The van der Waals surface area contributed by atoms with Crippen LogP contribution in [0, 0.1) is 11.3 Å². The van der Waals surface area contributed by atoms with Crippen molar-refractivity contribution in [2.45, 2.75) is 24.8 Å². The molecule has 156 valence electrons. The van der Waals surface area contributed by atoms with E-state index in [0.717, 1.165) is 28.5 Å². The molecule has 1 aromatic heterocycles. The molecule has 29 heavy (non-hydrogen) atoms. The number of aromatic nitrogens is 2. The second-order valence-electron chi connectivity index (χ2n) is 7.32. The molecule has 9 heteroatoms. The van der Waals surface area contributed by atoms with Crippen LogP contribution in [0.2, 0.25) is 0 Å². The second-order valence-corrected chi connectivity index (χ2v) is 8.17. The lowest BCUT2D eigenvalue weighted by molar-refractivity contribution is 0.0802. The van der Waals surface area contributed by atoms with Gasteiger partial charge in [0, 0.05) is 35.8 Å². The third-order valence-electron chi connectivity index (χ3n) is 5.08. The Morgan fingerprint density at radius 3 is 2.72 bits per heavy atom. The number of amidine groups is 1. The molecule has 1 saturated heterocycles. The zero-order valence-corrected chi connectivity index (χ0v) is 18.1. The molecule has 1 unspecified atom stereocenters. The van der Waals surface area contributed by atoms with Crippen molar-refractivity contribution in [3.05, 3.63) is 23.8 Å². The molecular weight excluding hydrogens is 386 g/mol. The van der Waals surface area contributed by atoms with Crippen LogP contribution in [0.25, 0.3) is 11.3 Å². The molecule has 0 aliphatic carbocycles. The maximum absolute atomic E-state index is 7.82. The van der Waals surface area contributed by atoms with Crippen LogP contribution in [0.1, 0.15) is 19.4 Å². The van der Waals surface area contributed by atoms with E-state index in [1.807, 2.05) is 31.5 Å². The quantitative estimate of drug-likeness (QED) is 0.245. The standard InChI is InChI=1S/C20H29N7OS/c1-11(2)15-10-28-6-5-27(15)17-9-14(25-20(24-3)26-17)12-7-13(21)18(19(22)23)16(8-12)29-4/h7-9,11,15H,5-6,10,21H2,1-4H3,(H3,22,23)(H,24,25,26). The van der Waals surface area contributed by atoms with Gasteiger partial charge in [0.25, 0.3) is 0 Å². The van der Waals surface area contributed by atoms with Crippen molar-refractivity contribution in [2.75, 3.05) is 49.0 Å². The van der Waals surface area contributed by atoms with Crippen LogP contribution in [0.3, 0.4) is 0 Å². The summed E-state index contributed by atoms with van der Waals surface area (Å²) >= 11 is 1.51. The maximum Gasteiger partial charge on any atom is 0.224 e. The second kappa shape index (κ2) is 8.87. The zero-order chi connectivity index (χ0) is 21.1. The van der Waals surface area contributed by atoms with Gasteiger partial charge in [-0.2, -0.15) is 4.98 Å². The molecule has 1 aliphatic heterocycles. The average Bonchev–Trinajstić information content (AvgIpc) is 2.72. The van der Waals surface area contributed by atoms with Gasteiger partial charge in [-0.15, -0.1) is 11.8 Å². The highest BCUT2D eigenvalue weighted by atomic mass is 32.2. The van der Waals surface area contributed by atoms with E-state index < -0.39 is 0 Å². The van der Waals surface area contributed by atoms with Gasteiger partial charge in [0.15, 0.2) is 0 Å². The summed E-state index contributed by atoms with van der Waals surface area (Å²) in [4.78, 5) is 12.5. The maximum atomic E-state index is 7.82. The van der Waals surface area contributed by atoms with Crippen molar-refractivity contribution in [1.29, 1.82) is 5.41 Å². The van der Waals surface area contributed by atoms with Gasteiger partial charge in [0.2, 0.25) is 5.95 Å². The summed E-state index contributed by atoms with van der Waals surface area (Å²) in [5.41, 5.74) is 14.6. The minimum Gasteiger partial charge on any atom is -0.398 e. The summed E-state index contributed by atoms with van der Waals surface area (Å²) in [6.07, 6.45) is 1.94. The summed E-state index contributed by atoms with van der Waals surface area (Å²) < 4.78 is 5.70. The van der Waals surface area contributed by atoms with Crippen LogP contribution < -0.4 is 21.7 Å². The molecule has 0 amide bonds. The first kappa shape index (κ1) is 21.2. The number of nitrogens with one attached hydrogen (secondary N) is 2. The molecule has 1 fully saturated rings. The van der Waals surface area contributed by atoms with E-state index in [1.165, 1.54) is 11.8 Å². The lowest BCUT2D eigenvalue weighted by atomic mass is 10.0. The summed E-state index contributed by atoms with van der Waals surface area (Å²) in [5.74, 6) is 1.80. The van der Waals surface area contributed by atoms with Crippen LogP contribution in [0.15, 0.2) is 23.1 Å². The minimum atomic E-state index is -0.0363. The Morgan fingerprint density at radius 1 is 1.34 bits per heavy atom. The fraction of sp³-hybridized carbons (Fsp3) is 0.450. The molecule has 0 bridgehead atoms. The van der Waals surface area contributed by atoms with Crippen molar-refractivity contribution in [3.63, 3.8) is 0 Å². The van der Waals surface area contributed by atoms with Crippen molar-refractivity contribution in [2.24, 2.45) is 11.7 Å². The third-order valence-corrected chi connectivity index (χ3v) is 5.85. The van der Waals surface area contributed by atoms with Crippen LogP contribution >= 0.6 is 11.8 Å². The Kier molecular flexibility index (Phi) is 6.49. The lowest BCUT2D eigenvalue weighted by Gasteiger charge is -2.39. The van der Waals surface area contributed by atoms with E-state index in [9.17, 15) is 0 Å². The summed E-state index contributed by atoms with van der Waals surface area (Å²) in [6, 6.07) is 6.04. The number of benzene rings is 1. The smallest absolute Gasteiger partial charge is 0.224 e. The Bertz CT molecular complexity index is 903. The highest BCUT2D eigenvalue weighted by molar-refractivity contribution is 7.98. The van der Waals surface area contributed by atoms with Gasteiger partial charge in [-0.3, -0.25) is 5.41 Å². The van der Waals surface area contributed by atoms with E-state index >= 15 is 0 Å². The van der Waals surface area contributed by atoms with Gasteiger partial charge in [-0.1, -0.05) is 13.8 Å². The minimum absolute atomic E-state index is 0.0363. The topological polar surface area (TPSA) is 126 Å². The van der Waals surface area contributed by atoms with E-state index in [4.69, 9.17) is 26.6 Å². The van der Waals surface area contributed by atoms with Crippen molar-refractivity contribution in [3.8, 4) is 11.3 Å². The molecule has 6 N–H and O–H groups in total. The summed E-state index contributed by atoms with van der Waals surface area (Å²) in [5, 5.41) is 10.9. The molecular formula is C20H29N7OS. The molecule has 3 rings (SSSR count). The summed E-state index contributed by atoms with van der Waals surface area (Å²) in [7, 11) is 1.81. The van der Waals surface area contributed by atoms with Crippen molar-refractivity contribution < 1.29 is 4.74 Å². The number of nitrogens with zero attached hydrogens (tertiary/aromatic N) is 3. The van der Waals surface area contributed by atoms with Crippen LogP contribution in [-0.4, -0.2) is 54.9 Å². The predicted molar refractivity (Wildman–Crippen MR) is 121 cm³/mol. The molecule has 1 atom stereocenters. The molecule has 0 spiro atoms. The van der Waals surface area contributed by atoms with E-state index in [0.29, 0.717) is 36.3 Å². The van der Waals surface area contributed by atoms with E-state index in [-0.39, 0.29) is 11.9 Å². The van der Waals surface area contributed by atoms with Gasteiger partial charge in [0.05, 0.1) is 30.5 Å². The Hall–Kier alpha value is -2.52. The number of hydrogen-bond acceptors (Lipinski definition) is 8. The van der Waals surface area contributed by atoms with E-state index in [2.05, 4.69) is 29.0 Å². The number of nitrogen functional groups attached to an aromatic ring is 2. The third kappa shape index (κ3) is 4.40. The molecule has 1 aromatic carbocycles. The lowest BCUT2D eigenvalue weighted by Crippen LogP contribution is -2.48. The van der Waals surface area contributed by atoms with Gasteiger partial charge in [-0.25, -0.2) is 4.98 Å². The van der Waals surface area contributed by atoms with Crippen molar-refractivity contribution in [1.82, 2.24) is 9.97 Å². The van der Waals surface area contributed by atoms with Crippen molar-refractivity contribution >= 4 is 35.1 Å². The molecule has 2 aromatic rings.